The van der Waals surface area contributed by atoms with Crippen LogP contribution in [0.3, 0.4) is 0 Å². The Hall–Kier alpha value is -14.1. The number of aliphatic hydroxyl groups excluding tert-OH is 2. The number of carbonyl (C=O) groups excluding carboxylic acids is 24. The van der Waals surface area contributed by atoms with Gasteiger partial charge >= 0.3 is 11.9 Å². The first-order valence-electron chi connectivity index (χ1n) is 45.5. The zero-order valence-electron chi connectivity index (χ0n) is 81.0. The maximum atomic E-state index is 14.7. The number of H-pyrrole nitrogens is 2. The maximum Gasteiger partial charge on any atom is 0.322 e. The molecule has 1 saturated heterocycles. The fourth-order valence-electron chi connectivity index (χ4n) is 13.5. The van der Waals surface area contributed by atoms with Crippen LogP contribution in [-0.4, -0.2) is 383 Å². The summed E-state index contributed by atoms with van der Waals surface area (Å²) in [5.41, 5.74) is 16.6. The highest BCUT2D eigenvalue weighted by atomic mass is 32.1. The second-order valence-corrected chi connectivity index (χ2v) is 35.9. The first kappa shape index (κ1) is 126. The summed E-state index contributed by atoms with van der Waals surface area (Å²) in [6, 6.07) is -29.4. The molecule has 3 heterocycles. The Kier molecular flexibility index (Phi) is 55.2. The summed E-state index contributed by atoms with van der Waals surface area (Å²) in [7, 11) is 0. The third kappa shape index (κ3) is 44.6. The molecule has 59 nitrogen and oxygen atoms in total. The van der Waals surface area contributed by atoms with Crippen LogP contribution in [0.4, 0.5) is 0 Å². The highest BCUT2D eigenvalue weighted by Crippen LogP contribution is 2.22. The Balaban J connectivity index is 1.78. The van der Waals surface area contributed by atoms with E-state index >= 15 is 0 Å². The third-order valence-corrected chi connectivity index (χ3v) is 22.6. The molecule has 0 bridgehead atoms. The molecule has 0 aromatic carbocycles. The van der Waals surface area contributed by atoms with Crippen LogP contribution in [0.5, 0.6) is 0 Å². The number of carboxylic acid groups (broad SMARTS) is 2. The summed E-state index contributed by atoms with van der Waals surface area (Å²) >= 11 is 16.5. The second-order valence-electron chi connectivity index (χ2n) is 34.5. The van der Waals surface area contributed by atoms with E-state index < -0.39 is 370 Å². The van der Waals surface area contributed by atoms with Crippen molar-refractivity contribution in [2.24, 2.45) is 35.0 Å². The van der Waals surface area contributed by atoms with Crippen molar-refractivity contribution in [2.75, 3.05) is 75.5 Å². The number of nitrogens with zero attached hydrogens (tertiary/aromatic N) is 3. The summed E-state index contributed by atoms with van der Waals surface area (Å²) < 4.78 is 0. The van der Waals surface area contributed by atoms with E-state index in [0.29, 0.717) is 0 Å². The number of aromatic amines is 2. The van der Waals surface area contributed by atoms with Crippen molar-refractivity contribution >= 4 is 204 Å². The summed E-state index contributed by atoms with van der Waals surface area (Å²) in [6.45, 7) is 7.28. The highest BCUT2D eigenvalue weighted by molar-refractivity contribution is 7.80. The van der Waals surface area contributed by atoms with Crippen LogP contribution in [0.15, 0.2) is 25.0 Å². The average molecular weight is 2140 g/mol. The molecule has 0 saturated carbocycles. The normalized spacial score (nSPS) is 15.6. The van der Waals surface area contributed by atoms with E-state index in [9.17, 15) is 140 Å². The van der Waals surface area contributed by atoms with Gasteiger partial charge in [0.1, 0.15) is 115 Å². The molecule has 812 valence electrons. The Morgan fingerprint density at radius 3 is 1.09 bits per heavy atom. The minimum Gasteiger partial charge on any atom is -0.481 e. The lowest BCUT2D eigenvalue weighted by atomic mass is 10.0. The number of thiol groups is 4. The third-order valence-electron chi connectivity index (χ3n) is 21.2. The van der Waals surface area contributed by atoms with Gasteiger partial charge in [-0.3, -0.25) is 125 Å². The van der Waals surface area contributed by atoms with E-state index in [1.54, 1.807) is 27.7 Å². The molecule has 1 aliphatic rings. The van der Waals surface area contributed by atoms with Gasteiger partial charge in [-0.15, -0.1) is 0 Å². The van der Waals surface area contributed by atoms with Gasteiger partial charge in [0.2, 0.25) is 142 Å². The number of carbonyl (C=O) groups is 26. The average Bonchev–Trinajstić information content (AvgIpc) is 1.61. The van der Waals surface area contributed by atoms with Crippen LogP contribution < -0.4 is 129 Å². The summed E-state index contributed by atoms with van der Waals surface area (Å²) in [6.07, 6.45) is 0.436. The number of hydrogen-bond donors (Lipinski definition) is 34. The maximum absolute atomic E-state index is 14.7. The van der Waals surface area contributed by atoms with Crippen molar-refractivity contribution < 1.29 is 145 Å². The van der Waals surface area contributed by atoms with Crippen LogP contribution in [-0.2, 0) is 137 Å². The zero-order valence-corrected chi connectivity index (χ0v) is 84.6. The molecule has 33 N–H and O–H groups in total. The molecule has 2 aromatic heterocycles. The fraction of sp³-hybridized carbons (Fsp3) is 0.614. The number of primary amides is 2. The molecule has 146 heavy (non-hydrogen) atoms. The summed E-state index contributed by atoms with van der Waals surface area (Å²) in [5, 5.41) is 88.1. The number of aromatic nitrogens is 4. The van der Waals surface area contributed by atoms with Crippen LogP contribution in [0.2, 0.25) is 0 Å². The molecule has 1 fully saturated rings. The SMILES string of the molecule is CC(C)C[C@H](NC(=O)[C@H](CC(N)=O)NC(=O)[C@H](CO)NC(=O)[C@H](Cc1cnc[nH]1)NC(=O)[C@H](CC(=O)O)NC(=O)[C@H](CC(C)C)NC(=O)[C@H](Cc1cnc[nH]1)NC(=O)[C@H](CS)NC(=O)[C@@H](NC(=O)[C@@H]1CCCN1C(=O)[C@H](CC(N)=O)NC(=O)[C@H](CO)NC(=O)[C@H](CS)NC(=O)[C@H](CS)NC(=O)CN)C(C)C)C(=O)N[C@@H](CS)C(=O)NCC(=O)N[C@@H](C)C(=O)NCC(=O)N[C@@H](C)C(=O)N[C@@H](C)C(=O)NCC(=O)NCC(=O)O. The lowest BCUT2D eigenvalue weighted by Crippen LogP contribution is -2.62. The van der Waals surface area contributed by atoms with Gasteiger partial charge in [0.25, 0.3) is 0 Å². The predicted molar refractivity (Wildman–Crippen MR) is 521 cm³/mol. The van der Waals surface area contributed by atoms with Crippen molar-refractivity contribution in [3.05, 3.63) is 36.4 Å². The van der Waals surface area contributed by atoms with Gasteiger partial charge in [0.05, 0.1) is 71.3 Å². The minimum absolute atomic E-state index is 0.0429. The molecule has 0 unspecified atom stereocenters. The molecular weight excluding hydrogens is 2010 g/mol. The van der Waals surface area contributed by atoms with Crippen LogP contribution in [0.25, 0.3) is 0 Å². The van der Waals surface area contributed by atoms with Crippen molar-refractivity contribution in [1.82, 2.24) is 136 Å². The molecule has 63 heteroatoms. The van der Waals surface area contributed by atoms with Crippen LogP contribution in [0.1, 0.15) is 119 Å². The van der Waals surface area contributed by atoms with Gasteiger partial charge in [0.15, 0.2) is 0 Å². The van der Waals surface area contributed by atoms with Gasteiger partial charge < -0.3 is 164 Å². The van der Waals surface area contributed by atoms with Crippen molar-refractivity contribution in [2.45, 2.75) is 229 Å². The highest BCUT2D eigenvalue weighted by Gasteiger charge is 2.44. The van der Waals surface area contributed by atoms with Gasteiger partial charge in [-0.05, 0) is 64.2 Å². The predicted octanol–water partition coefficient (Wildman–Crippen LogP) is -15.6. The topological polar surface area (TPSA) is 916 Å². The van der Waals surface area contributed by atoms with Crippen molar-refractivity contribution in [3.8, 4) is 0 Å². The lowest BCUT2D eigenvalue weighted by molar-refractivity contribution is -0.143. The number of hydrogen-bond acceptors (Lipinski definition) is 35. The van der Waals surface area contributed by atoms with Crippen LogP contribution in [0, 0.1) is 17.8 Å². The first-order chi connectivity index (χ1) is 68.6. The quantitative estimate of drug-likeness (QED) is 0.0274. The molecular formula is C83H131N29O30S4. The summed E-state index contributed by atoms with van der Waals surface area (Å²) in [5.74, 6) is -31.7. The number of nitrogens with two attached hydrogens (primary N) is 3. The van der Waals surface area contributed by atoms with Crippen molar-refractivity contribution in [3.63, 3.8) is 0 Å². The number of aliphatic hydroxyl groups is 2. The monoisotopic (exact) mass is 2140 g/mol. The Morgan fingerprint density at radius 1 is 0.363 bits per heavy atom. The Morgan fingerprint density at radius 2 is 0.699 bits per heavy atom. The van der Waals surface area contributed by atoms with E-state index in [1.165, 1.54) is 53.3 Å². The van der Waals surface area contributed by atoms with E-state index in [2.05, 4.69) is 177 Å². The molecule has 0 radical (unpaired) electrons. The zero-order chi connectivity index (χ0) is 110. The molecule has 18 atom stereocenters. The summed E-state index contributed by atoms with van der Waals surface area (Å²) in [4.78, 5) is 361. The number of rotatable bonds is 65. The largest absolute Gasteiger partial charge is 0.481 e. The molecule has 0 aliphatic carbocycles. The Labute approximate surface area is 857 Å². The molecule has 1 aliphatic heterocycles. The fourth-order valence-corrected chi connectivity index (χ4v) is 14.5. The van der Waals surface area contributed by atoms with E-state index in [0.717, 1.165) is 11.2 Å². The standard InChI is InChI=1S/C83H131N29O30S4/c1-35(2)13-43(99-72(131)45(15-41-21-87-33-93-41)102-79(138)55(32-146)110-82(141)65(37(5)6)111-81(140)56-11-10-12-112(56)83(142)49(18-58(86)116)105-77(136)51(28-114)107-80(139)54(31-145)109-78(137)53(30-144)98-59(117)20-84)70(129)104-48(19-63(121)122)75(134)101-46(16-42-22-88-34-94-42)73(132)106-50(27-113)76(135)103-47(17-57(85)115)74(133)100-44(14-36(3)4)71(130)108-52(29-143)69(128)92-25-62(120)95-38(7)66(125)91-24-61(119)96-40(9)68(127)97-39(8)67(126)90-23-60(118)89-26-64(123)124/h21-22,33-40,43-56,65,113-114,143-146H,10-20,23-32,84H2,1-9H3,(H2,85,115)(H2,86,116)(H,87,93)(H,88,94)(H,89,118)(H,90,126)(H,91,125)(H,92,128)(H,95,120)(H,96,119)(H,97,127)(H,98,117)(H,99,131)(H,100,133)(H,101,134)(H,102,138)(H,103,135)(H,104,129)(H,105,136)(H,106,132)(H,107,139)(H,108,130)(H,109,137)(H,110,141)(H,111,140)(H,121,122)(H,123,124)/t38-,39-,40-,43-,44-,45-,46-,47-,48-,49-,50-,51-,52-,53-,54-,55-,56-,65-/m0/s1. The Bertz CT molecular complexity index is 4930. The minimum atomic E-state index is -2.12. The number of imidazole rings is 2. The number of carboxylic acids is 2. The number of nitrogens with one attached hydrogen (secondary N) is 23. The second kappa shape index (κ2) is 63.9. The van der Waals surface area contributed by atoms with E-state index in [4.69, 9.17) is 22.3 Å². The van der Waals surface area contributed by atoms with Gasteiger partial charge in [0, 0.05) is 66.2 Å². The smallest absolute Gasteiger partial charge is 0.322 e. The van der Waals surface area contributed by atoms with Gasteiger partial charge in [-0.2, -0.15) is 50.5 Å². The molecule has 3 rings (SSSR count). The molecule has 0 spiro atoms. The number of likely N-dealkylation sites (tertiary alicyclic amines) is 1. The number of amides is 24. The van der Waals surface area contributed by atoms with E-state index in [-0.39, 0.29) is 55.1 Å². The van der Waals surface area contributed by atoms with Gasteiger partial charge in [-0.25, -0.2) is 9.97 Å². The van der Waals surface area contributed by atoms with Crippen molar-refractivity contribution in [1.29, 1.82) is 0 Å². The lowest BCUT2D eigenvalue weighted by Gasteiger charge is -2.31. The van der Waals surface area contributed by atoms with Crippen LogP contribution >= 0.6 is 50.5 Å². The van der Waals surface area contributed by atoms with Gasteiger partial charge in [-0.1, -0.05) is 41.5 Å². The molecule has 24 amide bonds. The first-order valence-corrected chi connectivity index (χ1v) is 48.0. The van der Waals surface area contributed by atoms with E-state index in [1.807, 2.05) is 5.32 Å². The number of aliphatic carboxylic acids is 2. The molecule has 2 aromatic rings.